The largest absolute Gasteiger partial charge is 0.481 e. The second-order valence-corrected chi connectivity index (χ2v) is 3.32. The normalized spacial score (nSPS) is 11.9. The topological polar surface area (TPSA) is 70.2 Å². The van der Waals surface area contributed by atoms with E-state index in [1.807, 2.05) is 0 Å². The molecule has 4 nitrogen and oxygen atoms in total. The van der Waals surface area contributed by atoms with Gasteiger partial charge < -0.3 is 10.1 Å². The Hall–Kier alpha value is -1.93. The maximum Gasteiger partial charge on any atom is 0.422 e. The average Bonchev–Trinajstić information content (AvgIpc) is 2.12. The number of alkyl halides is 5. The van der Waals surface area contributed by atoms with E-state index in [2.05, 4.69) is 0 Å². The SMILES string of the molecule is O=C(O)Cc1cc(C(F)F)c(C(F)(F)F)c(=O)[nH]1. The summed E-state index contributed by atoms with van der Waals surface area (Å²) in [6.07, 6.45) is -9.62. The van der Waals surface area contributed by atoms with Crippen molar-refractivity contribution in [2.45, 2.75) is 19.0 Å². The van der Waals surface area contributed by atoms with E-state index in [0.29, 0.717) is 6.07 Å². The first kappa shape index (κ1) is 14.1. The number of H-pyrrole nitrogens is 1. The van der Waals surface area contributed by atoms with E-state index >= 15 is 0 Å². The molecule has 100 valence electrons. The van der Waals surface area contributed by atoms with Crippen LogP contribution in [0, 0.1) is 0 Å². The number of nitrogens with one attached hydrogen (secondary N) is 1. The van der Waals surface area contributed by atoms with Crippen LogP contribution in [0.2, 0.25) is 0 Å². The molecular formula is C9H6F5NO3. The minimum atomic E-state index is -5.24. The fourth-order valence-corrected chi connectivity index (χ4v) is 1.36. The van der Waals surface area contributed by atoms with Gasteiger partial charge in [0.15, 0.2) is 0 Å². The Labute approximate surface area is 96.1 Å². The van der Waals surface area contributed by atoms with Crippen molar-refractivity contribution in [2.24, 2.45) is 0 Å². The molecule has 0 radical (unpaired) electrons. The van der Waals surface area contributed by atoms with Gasteiger partial charge >= 0.3 is 12.1 Å². The highest BCUT2D eigenvalue weighted by molar-refractivity contribution is 5.69. The lowest BCUT2D eigenvalue weighted by molar-refractivity contribution is -0.140. The van der Waals surface area contributed by atoms with Crippen molar-refractivity contribution in [1.82, 2.24) is 4.98 Å². The fraction of sp³-hybridized carbons (Fsp3) is 0.333. The van der Waals surface area contributed by atoms with Crippen LogP contribution in [-0.2, 0) is 17.4 Å². The number of hydrogen-bond acceptors (Lipinski definition) is 2. The number of carbonyl (C=O) groups is 1. The second-order valence-electron chi connectivity index (χ2n) is 3.32. The van der Waals surface area contributed by atoms with Crippen molar-refractivity contribution in [1.29, 1.82) is 0 Å². The van der Waals surface area contributed by atoms with Crippen molar-refractivity contribution in [3.05, 3.63) is 33.2 Å². The minimum absolute atomic E-state index is 0.336. The van der Waals surface area contributed by atoms with Gasteiger partial charge in [0.25, 0.3) is 12.0 Å². The van der Waals surface area contributed by atoms with Crippen molar-refractivity contribution < 1.29 is 31.9 Å². The third-order valence-corrected chi connectivity index (χ3v) is 1.98. The van der Waals surface area contributed by atoms with E-state index in [4.69, 9.17) is 5.11 Å². The first-order valence-electron chi connectivity index (χ1n) is 4.46. The van der Waals surface area contributed by atoms with Crippen LogP contribution in [-0.4, -0.2) is 16.1 Å². The quantitative estimate of drug-likeness (QED) is 0.825. The van der Waals surface area contributed by atoms with Crippen molar-refractivity contribution in [3.63, 3.8) is 0 Å². The molecule has 0 aromatic carbocycles. The number of carboxylic acids is 1. The molecule has 0 bridgehead atoms. The number of carboxylic acid groups (broad SMARTS) is 1. The van der Waals surface area contributed by atoms with Crippen LogP contribution in [0.15, 0.2) is 10.9 Å². The maximum absolute atomic E-state index is 12.5. The van der Waals surface area contributed by atoms with Gasteiger partial charge in [-0.15, -0.1) is 0 Å². The Morgan fingerprint density at radius 2 is 1.94 bits per heavy atom. The molecule has 0 saturated heterocycles. The van der Waals surface area contributed by atoms with Crippen molar-refractivity contribution >= 4 is 5.97 Å². The molecule has 1 aromatic heterocycles. The Balaban J connectivity index is 3.46. The molecular weight excluding hydrogens is 265 g/mol. The summed E-state index contributed by atoms with van der Waals surface area (Å²) in [5.41, 5.74) is -5.83. The van der Waals surface area contributed by atoms with Gasteiger partial charge in [0, 0.05) is 11.3 Å². The van der Waals surface area contributed by atoms with Gasteiger partial charge in [0.05, 0.1) is 6.42 Å². The Morgan fingerprint density at radius 1 is 1.39 bits per heavy atom. The highest BCUT2D eigenvalue weighted by Crippen LogP contribution is 2.33. The monoisotopic (exact) mass is 271 g/mol. The Bertz CT molecular complexity index is 520. The molecule has 0 unspecified atom stereocenters. The standard InChI is InChI=1S/C9H6F5NO3/c10-7(11)4-1-3(2-5(16)17)15-8(18)6(4)9(12,13)14/h1,7H,2H2,(H,15,18)(H,16,17). The van der Waals surface area contributed by atoms with Gasteiger partial charge in [-0.05, 0) is 6.07 Å². The van der Waals surface area contributed by atoms with E-state index in [1.54, 1.807) is 4.98 Å². The maximum atomic E-state index is 12.5. The van der Waals surface area contributed by atoms with Crippen LogP contribution in [0.1, 0.15) is 23.2 Å². The van der Waals surface area contributed by atoms with E-state index in [9.17, 15) is 31.5 Å². The molecule has 9 heteroatoms. The van der Waals surface area contributed by atoms with Crippen LogP contribution < -0.4 is 5.56 Å². The zero-order valence-electron chi connectivity index (χ0n) is 8.52. The summed E-state index contributed by atoms with van der Waals surface area (Å²) in [5, 5.41) is 8.38. The third kappa shape index (κ3) is 3.05. The lowest BCUT2D eigenvalue weighted by atomic mass is 10.1. The molecule has 0 saturated carbocycles. The third-order valence-electron chi connectivity index (χ3n) is 1.98. The molecule has 1 heterocycles. The lowest BCUT2D eigenvalue weighted by Crippen LogP contribution is -2.26. The number of aliphatic carboxylic acids is 1. The minimum Gasteiger partial charge on any atom is -0.481 e. The average molecular weight is 271 g/mol. The number of pyridine rings is 1. The number of rotatable bonds is 3. The number of aromatic nitrogens is 1. The van der Waals surface area contributed by atoms with E-state index in [0.717, 1.165) is 0 Å². The molecule has 1 rings (SSSR count). The molecule has 1 aromatic rings. The van der Waals surface area contributed by atoms with Gasteiger partial charge in [-0.3, -0.25) is 9.59 Å². The lowest BCUT2D eigenvalue weighted by Gasteiger charge is -2.12. The summed E-state index contributed by atoms with van der Waals surface area (Å²) in [7, 11) is 0. The molecule has 0 amide bonds. The molecule has 18 heavy (non-hydrogen) atoms. The van der Waals surface area contributed by atoms with Gasteiger partial charge in [0.1, 0.15) is 5.56 Å². The predicted octanol–water partition coefficient (Wildman–Crippen LogP) is 1.96. The van der Waals surface area contributed by atoms with Gasteiger partial charge in [-0.25, -0.2) is 8.78 Å². The number of aromatic amines is 1. The van der Waals surface area contributed by atoms with E-state index < -0.39 is 47.4 Å². The summed E-state index contributed by atoms with van der Waals surface area (Å²) >= 11 is 0. The first-order valence-corrected chi connectivity index (χ1v) is 4.46. The molecule has 0 fully saturated rings. The Morgan fingerprint density at radius 3 is 2.33 bits per heavy atom. The van der Waals surface area contributed by atoms with Crippen LogP contribution in [0.3, 0.4) is 0 Å². The molecule has 0 aliphatic rings. The highest BCUT2D eigenvalue weighted by atomic mass is 19.4. The van der Waals surface area contributed by atoms with Crippen LogP contribution in [0.4, 0.5) is 22.0 Å². The summed E-state index contributed by atoms with van der Waals surface area (Å²) in [4.78, 5) is 23.0. The van der Waals surface area contributed by atoms with Crippen LogP contribution >= 0.6 is 0 Å². The molecule has 2 N–H and O–H groups in total. The van der Waals surface area contributed by atoms with Crippen LogP contribution in [0.25, 0.3) is 0 Å². The fourth-order valence-electron chi connectivity index (χ4n) is 1.36. The van der Waals surface area contributed by atoms with Gasteiger partial charge in [-0.1, -0.05) is 0 Å². The van der Waals surface area contributed by atoms with Gasteiger partial charge in [0.2, 0.25) is 0 Å². The molecule has 0 aliphatic carbocycles. The highest BCUT2D eigenvalue weighted by Gasteiger charge is 2.39. The molecule has 0 atom stereocenters. The molecule has 0 spiro atoms. The van der Waals surface area contributed by atoms with Gasteiger partial charge in [-0.2, -0.15) is 13.2 Å². The van der Waals surface area contributed by atoms with Crippen molar-refractivity contribution in [3.8, 4) is 0 Å². The Kier molecular flexibility index (Phi) is 3.73. The summed E-state index contributed by atoms with van der Waals surface area (Å²) in [5.74, 6) is -1.47. The summed E-state index contributed by atoms with van der Waals surface area (Å²) < 4.78 is 62.1. The predicted molar refractivity (Wildman–Crippen MR) is 48.4 cm³/mol. The van der Waals surface area contributed by atoms with Crippen LogP contribution in [0.5, 0.6) is 0 Å². The number of hydrogen-bond donors (Lipinski definition) is 2. The summed E-state index contributed by atoms with van der Waals surface area (Å²) in [6.45, 7) is 0. The van der Waals surface area contributed by atoms with E-state index in [-0.39, 0.29) is 0 Å². The second kappa shape index (κ2) is 4.75. The smallest absolute Gasteiger partial charge is 0.422 e. The van der Waals surface area contributed by atoms with E-state index in [1.165, 1.54) is 0 Å². The molecule has 0 aliphatic heterocycles. The summed E-state index contributed by atoms with van der Waals surface area (Å²) in [6, 6.07) is 0.336. The number of halogens is 5. The zero-order chi connectivity index (χ0) is 14.1. The zero-order valence-corrected chi connectivity index (χ0v) is 8.52. The first-order chi connectivity index (χ1) is 8.12. The van der Waals surface area contributed by atoms with Crippen molar-refractivity contribution in [2.75, 3.05) is 0 Å².